The van der Waals surface area contributed by atoms with Gasteiger partial charge in [-0.3, -0.25) is 4.79 Å². The highest BCUT2D eigenvalue weighted by Crippen LogP contribution is 2.25. The summed E-state index contributed by atoms with van der Waals surface area (Å²) in [6.45, 7) is 3.55. The van der Waals surface area contributed by atoms with E-state index in [2.05, 4.69) is 11.9 Å². The molecule has 0 saturated carbocycles. The van der Waals surface area contributed by atoms with E-state index in [0.29, 0.717) is 24.5 Å². The number of nitrogens with two attached hydrogens (primary N) is 1. The molecule has 7 heteroatoms. The molecule has 0 spiro atoms. The number of nitrogens with one attached hydrogen (secondary N) is 1. The summed E-state index contributed by atoms with van der Waals surface area (Å²) in [4.78, 5) is 13.8. The molecule has 21 heavy (non-hydrogen) atoms. The Morgan fingerprint density at radius 3 is 2.95 bits per heavy atom. The van der Waals surface area contributed by atoms with Crippen LogP contribution in [0.5, 0.6) is 5.75 Å². The van der Waals surface area contributed by atoms with Crippen molar-refractivity contribution in [3.8, 4) is 5.75 Å². The Balaban J connectivity index is 2.18. The van der Waals surface area contributed by atoms with Gasteiger partial charge >= 0.3 is 0 Å². The van der Waals surface area contributed by atoms with E-state index in [9.17, 15) is 4.79 Å². The number of ether oxygens (including phenoxy) is 2. The summed E-state index contributed by atoms with van der Waals surface area (Å²) in [5, 5.41) is 0. The summed E-state index contributed by atoms with van der Waals surface area (Å²) < 4.78 is 13.4. The van der Waals surface area contributed by atoms with Gasteiger partial charge in [0.1, 0.15) is 17.9 Å². The lowest BCUT2D eigenvalue weighted by Crippen LogP contribution is -2.19. The van der Waals surface area contributed by atoms with E-state index in [-0.39, 0.29) is 6.61 Å². The van der Waals surface area contributed by atoms with Crippen LogP contribution in [-0.4, -0.2) is 35.3 Å². The first-order chi connectivity index (χ1) is 10.1. The van der Waals surface area contributed by atoms with E-state index in [1.165, 1.54) is 0 Å². The molecule has 1 heterocycles. The molecule has 114 valence electrons. The topological polar surface area (TPSA) is 82.3 Å². The van der Waals surface area contributed by atoms with Crippen molar-refractivity contribution in [2.75, 3.05) is 19.8 Å². The van der Waals surface area contributed by atoms with Crippen molar-refractivity contribution in [2.24, 2.45) is 5.73 Å². The molecule has 1 aromatic heterocycles. The number of H-pyrrole nitrogens is 1. The Bertz CT molecular complexity index is 678. The number of aromatic amines is 1. The molecule has 6 nitrogen and oxygen atoms in total. The molecule has 0 atom stereocenters. The summed E-state index contributed by atoms with van der Waals surface area (Å²) in [6, 6.07) is 5.81. The highest BCUT2D eigenvalue weighted by molar-refractivity contribution is 7.71. The third-order valence-electron chi connectivity index (χ3n) is 2.94. The molecule has 1 aromatic carbocycles. The number of nitrogens with zero attached hydrogens (tertiary/aromatic N) is 1. The van der Waals surface area contributed by atoms with Gasteiger partial charge in [0.05, 0.1) is 18.7 Å². The zero-order valence-electron chi connectivity index (χ0n) is 11.9. The van der Waals surface area contributed by atoms with Crippen LogP contribution >= 0.6 is 12.2 Å². The second-order valence-corrected chi connectivity index (χ2v) is 4.99. The van der Waals surface area contributed by atoms with Crippen molar-refractivity contribution in [3.63, 3.8) is 0 Å². The minimum Gasteiger partial charge on any atom is -0.491 e. The molecule has 2 aromatic rings. The number of primary amides is 1. The highest BCUT2D eigenvalue weighted by atomic mass is 32.1. The summed E-state index contributed by atoms with van der Waals surface area (Å²) in [7, 11) is 0. The number of imidazole rings is 1. The second-order valence-electron chi connectivity index (χ2n) is 4.60. The number of carbonyl (C=O) groups excluding carboxylic acids is 1. The fourth-order valence-corrected chi connectivity index (χ4v) is 2.33. The lowest BCUT2D eigenvalue weighted by atomic mass is 10.3. The van der Waals surface area contributed by atoms with Crippen LogP contribution < -0.4 is 10.5 Å². The average molecular weight is 309 g/mol. The first-order valence-corrected chi connectivity index (χ1v) is 7.24. The highest BCUT2D eigenvalue weighted by Gasteiger charge is 2.09. The number of para-hydroxylation sites is 1. The Morgan fingerprint density at radius 1 is 1.43 bits per heavy atom. The third kappa shape index (κ3) is 3.83. The van der Waals surface area contributed by atoms with Gasteiger partial charge in [0.2, 0.25) is 5.91 Å². The van der Waals surface area contributed by atoms with Crippen LogP contribution in [0.15, 0.2) is 18.2 Å². The SMILES string of the molecule is CCCOc1cccc2c1[nH]c(=S)n2CCOCC(N)=O. The predicted molar refractivity (Wildman–Crippen MR) is 82.9 cm³/mol. The normalized spacial score (nSPS) is 10.9. The van der Waals surface area contributed by atoms with E-state index in [4.69, 9.17) is 27.4 Å². The maximum atomic E-state index is 10.6. The molecule has 3 N–H and O–H groups in total. The van der Waals surface area contributed by atoms with Gasteiger partial charge in [0.15, 0.2) is 4.77 Å². The van der Waals surface area contributed by atoms with Crippen molar-refractivity contribution < 1.29 is 14.3 Å². The number of hydrogen-bond donors (Lipinski definition) is 2. The van der Waals surface area contributed by atoms with E-state index >= 15 is 0 Å². The van der Waals surface area contributed by atoms with Crippen molar-refractivity contribution in [1.82, 2.24) is 9.55 Å². The molecule has 0 aliphatic carbocycles. The van der Waals surface area contributed by atoms with Crippen LogP contribution in [0.1, 0.15) is 13.3 Å². The van der Waals surface area contributed by atoms with Gasteiger partial charge < -0.3 is 24.8 Å². The summed E-state index contributed by atoms with van der Waals surface area (Å²) in [5.74, 6) is 0.310. The van der Waals surface area contributed by atoms with Crippen LogP contribution in [0.2, 0.25) is 0 Å². The lowest BCUT2D eigenvalue weighted by Gasteiger charge is -2.07. The van der Waals surface area contributed by atoms with Gasteiger partial charge in [-0.15, -0.1) is 0 Å². The molecule has 0 unspecified atom stereocenters. The minimum atomic E-state index is -0.479. The van der Waals surface area contributed by atoms with Crippen molar-refractivity contribution >= 4 is 29.2 Å². The number of amides is 1. The monoisotopic (exact) mass is 309 g/mol. The Labute approximate surface area is 127 Å². The molecular weight excluding hydrogens is 290 g/mol. The van der Waals surface area contributed by atoms with E-state index in [1.54, 1.807) is 0 Å². The smallest absolute Gasteiger partial charge is 0.243 e. The number of fused-ring (bicyclic) bond motifs is 1. The number of benzene rings is 1. The van der Waals surface area contributed by atoms with E-state index in [0.717, 1.165) is 23.2 Å². The van der Waals surface area contributed by atoms with Crippen LogP contribution in [-0.2, 0) is 16.1 Å². The number of rotatable bonds is 8. The molecule has 0 saturated heterocycles. The minimum absolute atomic E-state index is 0.0828. The quantitative estimate of drug-likeness (QED) is 0.577. The zero-order chi connectivity index (χ0) is 15.2. The fourth-order valence-electron chi connectivity index (χ4n) is 2.04. The first kappa shape index (κ1) is 15.5. The summed E-state index contributed by atoms with van der Waals surface area (Å²) >= 11 is 5.33. The van der Waals surface area contributed by atoms with E-state index < -0.39 is 5.91 Å². The van der Waals surface area contributed by atoms with Crippen LogP contribution in [0.4, 0.5) is 0 Å². The van der Waals surface area contributed by atoms with Gasteiger partial charge in [-0.05, 0) is 30.8 Å². The Kier molecular flexibility index (Phi) is 5.35. The summed E-state index contributed by atoms with van der Waals surface area (Å²) in [5.41, 5.74) is 6.86. The second kappa shape index (κ2) is 7.24. The van der Waals surface area contributed by atoms with Crippen molar-refractivity contribution in [2.45, 2.75) is 19.9 Å². The number of carbonyl (C=O) groups is 1. The van der Waals surface area contributed by atoms with Crippen molar-refractivity contribution in [1.29, 1.82) is 0 Å². The summed E-state index contributed by atoms with van der Waals surface area (Å²) in [6.07, 6.45) is 0.943. The fraction of sp³-hybridized carbons (Fsp3) is 0.429. The number of aromatic nitrogens is 2. The van der Waals surface area contributed by atoms with Gasteiger partial charge in [0.25, 0.3) is 0 Å². The molecule has 0 aliphatic heterocycles. The maximum absolute atomic E-state index is 10.6. The molecular formula is C14H19N3O3S. The first-order valence-electron chi connectivity index (χ1n) is 6.84. The van der Waals surface area contributed by atoms with Gasteiger partial charge in [-0.1, -0.05) is 13.0 Å². The molecule has 2 rings (SSSR count). The Hall–Kier alpha value is -1.86. The largest absolute Gasteiger partial charge is 0.491 e. The molecule has 0 aliphatic rings. The predicted octanol–water partition coefficient (Wildman–Crippen LogP) is 1.99. The maximum Gasteiger partial charge on any atom is 0.243 e. The van der Waals surface area contributed by atoms with Crippen LogP contribution in [0.3, 0.4) is 0 Å². The standard InChI is InChI=1S/C14H19N3O3S/c1-2-7-20-11-5-3-4-10-13(11)16-14(21)17(10)6-8-19-9-12(15)18/h3-5H,2,6-9H2,1H3,(H2,15,18)(H,16,21). The van der Waals surface area contributed by atoms with E-state index in [1.807, 2.05) is 22.8 Å². The molecule has 0 bridgehead atoms. The average Bonchev–Trinajstić information content (AvgIpc) is 2.77. The van der Waals surface area contributed by atoms with Gasteiger partial charge in [0, 0.05) is 6.54 Å². The third-order valence-corrected chi connectivity index (χ3v) is 3.26. The van der Waals surface area contributed by atoms with Gasteiger partial charge in [-0.2, -0.15) is 0 Å². The molecule has 1 amide bonds. The van der Waals surface area contributed by atoms with Crippen molar-refractivity contribution in [3.05, 3.63) is 23.0 Å². The Morgan fingerprint density at radius 2 is 2.24 bits per heavy atom. The van der Waals surface area contributed by atoms with Crippen LogP contribution in [0, 0.1) is 4.77 Å². The zero-order valence-corrected chi connectivity index (χ0v) is 12.7. The van der Waals surface area contributed by atoms with Crippen LogP contribution in [0.25, 0.3) is 11.0 Å². The lowest BCUT2D eigenvalue weighted by molar-refractivity contribution is -0.122. The van der Waals surface area contributed by atoms with Gasteiger partial charge in [-0.25, -0.2) is 0 Å². The molecule has 0 radical (unpaired) electrons. The molecule has 0 fully saturated rings. The number of hydrogen-bond acceptors (Lipinski definition) is 4.